The number of benzene rings is 1. The van der Waals surface area contributed by atoms with Crippen LogP contribution in [0.2, 0.25) is 0 Å². The van der Waals surface area contributed by atoms with E-state index in [0.29, 0.717) is 4.88 Å². The van der Waals surface area contributed by atoms with Crippen LogP contribution in [0, 0.1) is 12.7 Å². The van der Waals surface area contributed by atoms with Crippen LogP contribution in [0.4, 0.5) is 10.1 Å². The van der Waals surface area contributed by atoms with Gasteiger partial charge >= 0.3 is 0 Å². The van der Waals surface area contributed by atoms with E-state index in [-0.39, 0.29) is 5.69 Å². The van der Waals surface area contributed by atoms with Crippen LogP contribution in [0.1, 0.15) is 15.2 Å². The van der Waals surface area contributed by atoms with Crippen LogP contribution in [0.15, 0.2) is 32.9 Å². The smallest absolute Gasteiger partial charge is 0.265 e. The van der Waals surface area contributed by atoms with Gasteiger partial charge in [-0.05, 0) is 52.7 Å². The van der Waals surface area contributed by atoms with E-state index in [1.165, 1.54) is 11.3 Å². The van der Waals surface area contributed by atoms with Crippen molar-refractivity contribution in [1.82, 2.24) is 0 Å². The molecule has 0 saturated heterocycles. The molecule has 1 aromatic carbocycles. The second-order valence-corrected chi connectivity index (χ2v) is 8.17. The first-order valence-corrected chi connectivity index (χ1v) is 8.73. The Kier molecular flexibility index (Phi) is 4.47. The van der Waals surface area contributed by atoms with Gasteiger partial charge in [0.15, 0.2) is 0 Å². The Hall–Kier alpha value is -1.29. The van der Waals surface area contributed by atoms with Crippen LogP contribution >= 0.6 is 27.3 Å². The number of halogens is 2. The highest BCUT2D eigenvalue weighted by molar-refractivity contribution is 9.11. The van der Waals surface area contributed by atoms with E-state index >= 15 is 0 Å². The molecule has 2 rings (SSSR count). The molecule has 1 heterocycles. The maximum Gasteiger partial charge on any atom is 0.265 e. The van der Waals surface area contributed by atoms with Crippen LogP contribution in [-0.4, -0.2) is 14.3 Å². The van der Waals surface area contributed by atoms with Crippen molar-refractivity contribution in [3.05, 3.63) is 44.3 Å². The molecule has 112 valence electrons. The number of carbonyl (C=O) groups is 1. The molecule has 2 aromatic rings. The van der Waals surface area contributed by atoms with E-state index < -0.39 is 26.6 Å². The summed E-state index contributed by atoms with van der Waals surface area (Å²) in [6, 6.07) is 4.58. The summed E-state index contributed by atoms with van der Waals surface area (Å²) in [5.74, 6) is -1.26. The summed E-state index contributed by atoms with van der Waals surface area (Å²) in [5, 5.41) is 7.39. The molecule has 0 atom stereocenters. The van der Waals surface area contributed by atoms with Gasteiger partial charge in [-0.2, -0.15) is 0 Å². The van der Waals surface area contributed by atoms with E-state index in [9.17, 15) is 17.6 Å². The molecule has 0 fully saturated rings. The summed E-state index contributed by atoms with van der Waals surface area (Å²) in [4.78, 5) is 12.0. The highest BCUT2D eigenvalue weighted by Gasteiger charge is 2.15. The number of anilines is 1. The number of sulfonamides is 1. The van der Waals surface area contributed by atoms with E-state index in [2.05, 4.69) is 21.2 Å². The Morgan fingerprint density at radius 3 is 2.52 bits per heavy atom. The predicted molar refractivity (Wildman–Crippen MR) is 82.5 cm³/mol. The van der Waals surface area contributed by atoms with Crippen molar-refractivity contribution in [3.8, 4) is 0 Å². The molecule has 1 amide bonds. The maximum absolute atomic E-state index is 13.4. The molecule has 0 aliphatic carbocycles. The van der Waals surface area contributed by atoms with Gasteiger partial charge in [0.2, 0.25) is 10.0 Å². The second kappa shape index (κ2) is 5.84. The van der Waals surface area contributed by atoms with Crippen molar-refractivity contribution in [2.24, 2.45) is 5.14 Å². The highest BCUT2D eigenvalue weighted by Crippen LogP contribution is 2.28. The summed E-state index contributed by atoms with van der Waals surface area (Å²) in [6.45, 7) is 1.83. The van der Waals surface area contributed by atoms with Crippen molar-refractivity contribution in [2.45, 2.75) is 11.8 Å². The minimum atomic E-state index is -4.05. The Labute approximate surface area is 133 Å². The van der Waals surface area contributed by atoms with Crippen LogP contribution in [0.25, 0.3) is 0 Å². The minimum absolute atomic E-state index is 0.0196. The number of carbonyl (C=O) groups excluding carboxylic acids is 1. The van der Waals surface area contributed by atoms with Gasteiger partial charge in [-0.1, -0.05) is 0 Å². The van der Waals surface area contributed by atoms with Crippen molar-refractivity contribution in [3.63, 3.8) is 0 Å². The summed E-state index contributed by atoms with van der Waals surface area (Å²) in [6.07, 6.45) is 0. The number of rotatable bonds is 3. The van der Waals surface area contributed by atoms with Gasteiger partial charge in [0.05, 0.1) is 13.6 Å². The van der Waals surface area contributed by atoms with Crippen molar-refractivity contribution in [2.75, 3.05) is 5.32 Å². The number of amides is 1. The highest BCUT2D eigenvalue weighted by atomic mass is 79.9. The number of primary sulfonamides is 1. The first-order chi connectivity index (χ1) is 9.66. The SMILES string of the molecule is Cc1cc(C(=O)Nc2cc(F)cc(S(N)(=O)=O)c2)sc1Br. The molecule has 9 heteroatoms. The summed E-state index contributed by atoms with van der Waals surface area (Å²) in [5.41, 5.74) is 0.917. The molecule has 5 nitrogen and oxygen atoms in total. The lowest BCUT2D eigenvalue weighted by Crippen LogP contribution is -2.14. The Balaban J connectivity index is 2.31. The standard InChI is InChI=1S/C12H10BrFN2O3S2/c1-6-2-10(20-11(6)13)12(17)16-8-3-7(14)4-9(5-8)21(15,18)19/h2-5H,1H3,(H,16,17)(H2,15,18,19). The number of hydrogen-bond donors (Lipinski definition) is 2. The van der Waals surface area contributed by atoms with Gasteiger partial charge in [-0.3, -0.25) is 4.79 Å². The van der Waals surface area contributed by atoms with Crippen LogP contribution in [-0.2, 0) is 10.0 Å². The lowest BCUT2D eigenvalue weighted by molar-refractivity contribution is 0.103. The maximum atomic E-state index is 13.4. The number of thiophene rings is 1. The zero-order valence-electron chi connectivity index (χ0n) is 10.7. The van der Waals surface area contributed by atoms with Gasteiger partial charge in [0.25, 0.3) is 5.91 Å². The average Bonchev–Trinajstić information content (AvgIpc) is 2.68. The largest absolute Gasteiger partial charge is 0.321 e. The molecule has 0 radical (unpaired) electrons. The summed E-state index contributed by atoms with van der Waals surface area (Å²) in [7, 11) is -4.05. The second-order valence-electron chi connectivity index (χ2n) is 4.24. The fourth-order valence-corrected chi connectivity index (χ4v) is 3.56. The number of aryl methyl sites for hydroxylation is 1. The Morgan fingerprint density at radius 2 is 2.00 bits per heavy atom. The first-order valence-electron chi connectivity index (χ1n) is 5.57. The third-order valence-corrected chi connectivity index (χ3v) is 5.57. The summed E-state index contributed by atoms with van der Waals surface area (Å²) < 4.78 is 36.7. The number of nitrogens with one attached hydrogen (secondary N) is 1. The van der Waals surface area contributed by atoms with Gasteiger partial charge in [0.1, 0.15) is 5.82 Å². The monoisotopic (exact) mass is 392 g/mol. The molecule has 3 N–H and O–H groups in total. The normalized spacial score (nSPS) is 11.4. The molecule has 0 spiro atoms. The first kappa shape index (κ1) is 16.1. The molecule has 21 heavy (non-hydrogen) atoms. The predicted octanol–water partition coefficient (Wildman–Crippen LogP) is 2.86. The van der Waals surface area contributed by atoms with Crippen LogP contribution < -0.4 is 10.5 Å². The van der Waals surface area contributed by atoms with Crippen molar-refractivity contribution < 1.29 is 17.6 Å². The van der Waals surface area contributed by atoms with E-state index in [1.54, 1.807) is 6.07 Å². The molecule has 0 saturated carbocycles. The topological polar surface area (TPSA) is 89.3 Å². The lowest BCUT2D eigenvalue weighted by Gasteiger charge is -2.06. The fraction of sp³-hybridized carbons (Fsp3) is 0.0833. The quantitative estimate of drug-likeness (QED) is 0.841. The molecule has 0 bridgehead atoms. The van der Waals surface area contributed by atoms with E-state index in [0.717, 1.165) is 27.5 Å². The van der Waals surface area contributed by atoms with Crippen LogP contribution in [0.5, 0.6) is 0 Å². The Bertz CT molecular complexity index is 798. The minimum Gasteiger partial charge on any atom is -0.321 e. The van der Waals surface area contributed by atoms with E-state index in [1.807, 2.05) is 6.92 Å². The molecule has 0 aliphatic heterocycles. The zero-order chi connectivity index (χ0) is 15.8. The zero-order valence-corrected chi connectivity index (χ0v) is 13.9. The number of hydrogen-bond acceptors (Lipinski definition) is 4. The van der Waals surface area contributed by atoms with Crippen LogP contribution in [0.3, 0.4) is 0 Å². The summed E-state index contributed by atoms with van der Waals surface area (Å²) >= 11 is 4.53. The van der Waals surface area contributed by atoms with E-state index in [4.69, 9.17) is 5.14 Å². The third kappa shape index (κ3) is 3.88. The average molecular weight is 393 g/mol. The van der Waals surface area contributed by atoms with Gasteiger partial charge in [-0.25, -0.2) is 17.9 Å². The lowest BCUT2D eigenvalue weighted by atomic mass is 10.3. The van der Waals surface area contributed by atoms with Crippen molar-refractivity contribution >= 4 is 48.9 Å². The fourth-order valence-electron chi connectivity index (χ4n) is 1.56. The molecule has 1 aromatic heterocycles. The third-order valence-electron chi connectivity index (χ3n) is 2.54. The number of nitrogens with two attached hydrogens (primary N) is 1. The van der Waals surface area contributed by atoms with Crippen molar-refractivity contribution in [1.29, 1.82) is 0 Å². The van der Waals surface area contributed by atoms with Gasteiger partial charge < -0.3 is 5.32 Å². The molecule has 0 unspecified atom stereocenters. The van der Waals surface area contributed by atoms with Gasteiger partial charge in [-0.15, -0.1) is 11.3 Å². The molecular formula is C12H10BrFN2O3S2. The molecular weight excluding hydrogens is 383 g/mol. The Morgan fingerprint density at radius 1 is 1.33 bits per heavy atom. The molecule has 0 aliphatic rings. The van der Waals surface area contributed by atoms with Gasteiger partial charge in [0, 0.05) is 5.69 Å².